The van der Waals surface area contributed by atoms with Gasteiger partial charge in [0.15, 0.2) is 11.5 Å². The topological polar surface area (TPSA) is 21.7 Å². The van der Waals surface area contributed by atoms with Crippen molar-refractivity contribution in [2.75, 3.05) is 20.9 Å². The minimum Gasteiger partial charge on any atom is -0.454 e. The van der Waals surface area contributed by atoms with Crippen molar-refractivity contribution in [2.24, 2.45) is 0 Å². The third kappa shape index (κ3) is 2.47. The fourth-order valence-corrected chi connectivity index (χ4v) is 4.31. The lowest BCUT2D eigenvalue weighted by atomic mass is 10.2. The molecule has 0 bridgehead atoms. The second-order valence-electron chi connectivity index (χ2n) is 5.82. The Balaban J connectivity index is 2.53. The summed E-state index contributed by atoms with van der Waals surface area (Å²) in [6.45, 7) is 8.37. The summed E-state index contributed by atoms with van der Waals surface area (Å²) in [6, 6.07) is 4.21. The summed E-state index contributed by atoms with van der Waals surface area (Å²) in [5.41, 5.74) is 1.37. The van der Waals surface area contributed by atoms with Crippen molar-refractivity contribution in [3.63, 3.8) is 0 Å². The van der Waals surface area contributed by atoms with Crippen LogP contribution in [0.2, 0.25) is 19.6 Å². The number of ether oxygens (including phenoxy) is 2. The van der Waals surface area contributed by atoms with Crippen molar-refractivity contribution in [1.82, 2.24) is 4.90 Å². The fourth-order valence-electron chi connectivity index (χ4n) is 2.31. The summed E-state index contributed by atoms with van der Waals surface area (Å²) >= 11 is 0. The van der Waals surface area contributed by atoms with Gasteiger partial charge in [-0.2, -0.15) is 0 Å². The van der Waals surface area contributed by atoms with Gasteiger partial charge in [0.2, 0.25) is 6.79 Å². The van der Waals surface area contributed by atoms with E-state index in [1.807, 2.05) is 6.07 Å². The standard InChI is InChI=1S/C13H21NO2Si/c1-14(2)8-10-6-7-11-12(16-9-15-11)13(10)17(3,4)5/h6-7H,8-9H2,1-5H3. The molecule has 1 aromatic carbocycles. The number of benzene rings is 1. The minimum absolute atomic E-state index is 0.359. The van der Waals surface area contributed by atoms with E-state index in [0.717, 1.165) is 18.0 Å². The molecule has 0 aromatic heterocycles. The minimum atomic E-state index is -1.43. The molecule has 3 nitrogen and oxygen atoms in total. The Morgan fingerprint density at radius 1 is 1.18 bits per heavy atom. The lowest BCUT2D eigenvalue weighted by Crippen LogP contribution is -2.41. The van der Waals surface area contributed by atoms with Gasteiger partial charge in [0.1, 0.15) is 0 Å². The summed E-state index contributed by atoms with van der Waals surface area (Å²) in [7, 11) is 2.76. The Morgan fingerprint density at radius 3 is 2.47 bits per heavy atom. The Kier molecular flexibility index (Phi) is 3.18. The van der Waals surface area contributed by atoms with Crippen molar-refractivity contribution >= 4 is 13.3 Å². The van der Waals surface area contributed by atoms with E-state index in [2.05, 4.69) is 44.7 Å². The monoisotopic (exact) mass is 251 g/mol. The fraction of sp³-hybridized carbons (Fsp3) is 0.538. The van der Waals surface area contributed by atoms with Gasteiger partial charge >= 0.3 is 0 Å². The van der Waals surface area contributed by atoms with Crippen LogP contribution in [0.25, 0.3) is 0 Å². The first-order valence-corrected chi connectivity index (χ1v) is 9.46. The molecule has 0 amide bonds. The molecule has 0 saturated heterocycles. The third-order valence-electron chi connectivity index (χ3n) is 2.86. The maximum atomic E-state index is 5.67. The molecule has 0 radical (unpaired) electrons. The van der Waals surface area contributed by atoms with Gasteiger partial charge in [-0.15, -0.1) is 0 Å². The molecule has 0 aliphatic carbocycles. The molecule has 0 spiro atoms. The molecule has 0 fully saturated rings. The van der Waals surface area contributed by atoms with Gasteiger partial charge in [-0.05, 0) is 30.9 Å². The van der Waals surface area contributed by atoms with Crippen LogP contribution in [-0.4, -0.2) is 33.9 Å². The SMILES string of the molecule is CN(C)Cc1ccc2c(c1[Si](C)(C)C)OCO2. The summed E-state index contributed by atoms with van der Waals surface area (Å²) in [5, 5.41) is 1.40. The van der Waals surface area contributed by atoms with Crippen molar-refractivity contribution in [2.45, 2.75) is 26.2 Å². The van der Waals surface area contributed by atoms with E-state index in [0.29, 0.717) is 6.79 Å². The highest BCUT2D eigenvalue weighted by atomic mass is 28.3. The van der Waals surface area contributed by atoms with Crippen LogP contribution < -0.4 is 14.7 Å². The molecule has 1 aliphatic rings. The van der Waals surface area contributed by atoms with Crippen molar-refractivity contribution in [1.29, 1.82) is 0 Å². The first-order chi connectivity index (χ1) is 7.89. The van der Waals surface area contributed by atoms with Crippen LogP contribution in [0.1, 0.15) is 5.56 Å². The zero-order valence-corrected chi connectivity index (χ0v) is 12.3. The molecule has 0 N–H and O–H groups in total. The molecular weight excluding hydrogens is 230 g/mol. The van der Waals surface area contributed by atoms with Crippen molar-refractivity contribution in [3.8, 4) is 11.5 Å². The maximum absolute atomic E-state index is 5.67. The van der Waals surface area contributed by atoms with Gasteiger partial charge in [-0.1, -0.05) is 25.7 Å². The Hall–Kier alpha value is -1.00. The normalized spacial score (nSPS) is 14.5. The van der Waals surface area contributed by atoms with Gasteiger partial charge in [0, 0.05) is 6.54 Å². The van der Waals surface area contributed by atoms with E-state index in [-0.39, 0.29) is 0 Å². The molecule has 94 valence electrons. The molecule has 0 saturated carbocycles. The molecule has 1 aliphatic heterocycles. The predicted octanol–water partition coefficient (Wildman–Crippen LogP) is 2.02. The molecule has 17 heavy (non-hydrogen) atoms. The van der Waals surface area contributed by atoms with Crippen molar-refractivity contribution < 1.29 is 9.47 Å². The second-order valence-corrected chi connectivity index (χ2v) is 10.8. The predicted molar refractivity (Wildman–Crippen MR) is 72.9 cm³/mol. The highest BCUT2D eigenvalue weighted by Crippen LogP contribution is 2.33. The maximum Gasteiger partial charge on any atom is 0.231 e. The average molecular weight is 251 g/mol. The van der Waals surface area contributed by atoms with E-state index in [1.165, 1.54) is 10.8 Å². The highest BCUT2D eigenvalue weighted by molar-refractivity contribution is 6.89. The van der Waals surface area contributed by atoms with Crippen LogP contribution in [0.5, 0.6) is 11.5 Å². The molecule has 0 atom stereocenters. The first-order valence-electron chi connectivity index (χ1n) is 5.96. The van der Waals surface area contributed by atoms with E-state index >= 15 is 0 Å². The molecule has 4 heteroatoms. The van der Waals surface area contributed by atoms with Crippen LogP contribution in [0, 0.1) is 0 Å². The summed E-state index contributed by atoms with van der Waals surface area (Å²) in [4.78, 5) is 2.20. The Morgan fingerprint density at radius 2 is 1.88 bits per heavy atom. The van der Waals surface area contributed by atoms with Gasteiger partial charge in [-0.25, -0.2) is 0 Å². The number of nitrogens with zero attached hydrogens (tertiary/aromatic N) is 1. The van der Waals surface area contributed by atoms with Gasteiger partial charge in [-0.3, -0.25) is 0 Å². The number of rotatable bonds is 3. The quantitative estimate of drug-likeness (QED) is 0.767. The first kappa shape index (κ1) is 12.5. The number of fused-ring (bicyclic) bond motifs is 1. The Bertz CT molecular complexity index is 424. The van der Waals surface area contributed by atoms with Crippen LogP contribution in [0.15, 0.2) is 12.1 Å². The van der Waals surface area contributed by atoms with Gasteiger partial charge in [0.25, 0.3) is 0 Å². The number of hydrogen-bond donors (Lipinski definition) is 0. The summed E-state index contributed by atoms with van der Waals surface area (Å²) in [6.07, 6.45) is 0. The summed E-state index contributed by atoms with van der Waals surface area (Å²) < 4.78 is 11.2. The van der Waals surface area contributed by atoms with E-state index < -0.39 is 8.07 Å². The van der Waals surface area contributed by atoms with Crippen molar-refractivity contribution in [3.05, 3.63) is 17.7 Å². The van der Waals surface area contributed by atoms with Crippen LogP contribution in [0.3, 0.4) is 0 Å². The smallest absolute Gasteiger partial charge is 0.231 e. The molecule has 0 unspecified atom stereocenters. The Labute approximate surface area is 104 Å². The van der Waals surface area contributed by atoms with E-state index in [4.69, 9.17) is 9.47 Å². The number of hydrogen-bond acceptors (Lipinski definition) is 3. The van der Waals surface area contributed by atoms with Crippen LogP contribution >= 0.6 is 0 Å². The van der Waals surface area contributed by atoms with E-state index in [9.17, 15) is 0 Å². The summed E-state index contributed by atoms with van der Waals surface area (Å²) in [5.74, 6) is 1.90. The average Bonchev–Trinajstić information content (AvgIpc) is 2.61. The second kappa shape index (κ2) is 4.35. The lowest BCUT2D eigenvalue weighted by Gasteiger charge is -2.24. The highest BCUT2D eigenvalue weighted by Gasteiger charge is 2.29. The van der Waals surface area contributed by atoms with Gasteiger partial charge in [0.05, 0.1) is 8.07 Å². The molecule has 1 aromatic rings. The van der Waals surface area contributed by atoms with Crippen LogP contribution in [0.4, 0.5) is 0 Å². The molecular formula is C13H21NO2Si. The largest absolute Gasteiger partial charge is 0.454 e. The zero-order valence-electron chi connectivity index (χ0n) is 11.3. The zero-order chi connectivity index (χ0) is 12.6. The lowest BCUT2D eigenvalue weighted by molar-refractivity contribution is 0.174. The van der Waals surface area contributed by atoms with E-state index in [1.54, 1.807) is 0 Å². The third-order valence-corrected chi connectivity index (χ3v) is 4.91. The van der Waals surface area contributed by atoms with Gasteiger partial charge < -0.3 is 14.4 Å². The van der Waals surface area contributed by atoms with Crippen LogP contribution in [-0.2, 0) is 6.54 Å². The molecule has 1 heterocycles. The molecule has 2 rings (SSSR count).